The van der Waals surface area contributed by atoms with Gasteiger partial charge in [-0.3, -0.25) is 0 Å². The summed E-state index contributed by atoms with van der Waals surface area (Å²) in [5, 5.41) is 41.7. The van der Waals surface area contributed by atoms with Gasteiger partial charge in [-0.1, -0.05) is 36.4 Å². The zero-order chi connectivity index (χ0) is 22.9. The monoisotopic (exact) mass is 428 g/mol. The molecule has 0 saturated heterocycles. The SMILES string of the molecule is O=C(O)c1cc2cccc3c4c(C(=O)O)c(C(=O)O)cc5cccc(c(c1C(=O)O)c23)c54. The molecule has 0 aliphatic rings. The number of rotatable bonds is 4. The summed E-state index contributed by atoms with van der Waals surface area (Å²) in [7, 11) is 0. The molecule has 32 heavy (non-hydrogen) atoms. The molecule has 0 heterocycles. The largest absolute Gasteiger partial charge is 0.478 e. The molecule has 0 aliphatic carbocycles. The third-order valence-electron chi connectivity index (χ3n) is 5.76. The Bertz CT molecular complexity index is 1550. The minimum atomic E-state index is -1.44. The highest BCUT2D eigenvalue weighted by atomic mass is 16.4. The Morgan fingerprint density at radius 2 is 0.875 bits per heavy atom. The molecule has 0 saturated carbocycles. The lowest BCUT2D eigenvalue weighted by Gasteiger charge is -2.19. The highest BCUT2D eigenvalue weighted by molar-refractivity contribution is 6.39. The quantitative estimate of drug-likeness (QED) is 0.241. The van der Waals surface area contributed by atoms with Crippen molar-refractivity contribution in [1.82, 2.24) is 0 Å². The van der Waals surface area contributed by atoms with Crippen molar-refractivity contribution in [1.29, 1.82) is 0 Å². The van der Waals surface area contributed by atoms with Gasteiger partial charge < -0.3 is 20.4 Å². The van der Waals surface area contributed by atoms with Crippen molar-refractivity contribution in [2.75, 3.05) is 0 Å². The number of hydrogen-bond acceptors (Lipinski definition) is 4. The van der Waals surface area contributed by atoms with Gasteiger partial charge in [-0.2, -0.15) is 0 Å². The fraction of sp³-hybridized carbons (Fsp3) is 0. The smallest absolute Gasteiger partial charge is 0.337 e. The minimum absolute atomic E-state index is 0.167. The van der Waals surface area contributed by atoms with Crippen LogP contribution in [0.3, 0.4) is 0 Å². The average molecular weight is 428 g/mol. The van der Waals surface area contributed by atoms with Gasteiger partial charge in [0.25, 0.3) is 0 Å². The van der Waals surface area contributed by atoms with E-state index in [4.69, 9.17) is 0 Å². The summed E-state index contributed by atoms with van der Waals surface area (Å²) < 4.78 is 0. The first-order chi connectivity index (χ1) is 15.2. The highest BCUT2D eigenvalue weighted by Gasteiger charge is 2.28. The van der Waals surface area contributed by atoms with E-state index in [1.807, 2.05) is 0 Å². The minimum Gasteiger partial charge on any atom is -0.478 e. The summed E-state index contributed by atoms with van der Waals surface area (Å²) >= 11 is 0. The molecule has 0 spiro atoms. The normalized spacial score (nSPS) is 11.5. The van der Waals surface area contributed by atoms with Crippen LogP contribution in [0, 0.1) is 0 Å². The van der Waals surface area contributed by atoms with E-state index in [0.717, 1.165) is 0 Å². The van der Waals surface area contributed by atoms with Crippen LogP contribution >= 0.6 is 0 Å². The maximum absolute atomic E-state index is 12.2. The number of hydrogen-bond donors (Lipinski definition) is 4. The zero-order valence-corrected chi connectivity index (χ0v) is 16.0. The van der Waals surface area contributed by atoms with Gasteiger partial charge in [0.15, 0.2) is 0 Å². The van der Waals surface area contributed by atoms with Gasteiger partial charge in [0.1, 0.15) is 0 Å². The molecule has 0 unspecified atom stereocenters. The van der Waals surface area contributed by atoms with Crippen molar-refractivity contribution in [2.24, 2.45) is 0 Å². The second-order valence-corrected chi connectivity index (χ2v) is 7.38. The summed E-state index contributed by atoms with van der Waals surface area (Å²) in [5.74, 6) is -5.68. The van der Waals surface area contributed by atoms with E-state index in [1.165, 1.54) is 12.1 Å². The molecule has 0 aliphatic heterocycles. The van der Waals surface area contributed by atoms with Crippen LogP contribution in [0.5, 0.6) is 0 Å². The third kappa shape index (κ3) is 2.37. The Hall–Kier alpha value is -4.72. The topological polar surface area (TPSA) is 149 Å². The highest BCUT2D eigenvalue weighted by Crippen LogP contribution is 2.44. The number of aromatic carboxylic acids is 4. The first-order valence-corrected chi connectivity index (χ1v) is 9.35. The molecule has 0 radical (unpaired) electrons. The molecular formula is C24H12O8. The number of carbonyl (C=O) groups is 4. The fourth-order valence-corrected chi connectivity index (χ4v) is 4.65. The van der Waals surface area contributed by atoms with Crippen LogP contribution in [0.4, 0.5) is 0 Å². The van der Waals surface area contributed by atoms with Crippen LogP contribution in [0.15, 0.2) is 48.5 Å². The van der Waals surface area contributed by atoms with Gasteiger partial charge >= 0.3 is 23.9 Å². The number of carboxylic acids is 4. The predicted molar refractivity (Wildman–Crippen MR) is 115 cm³/mol. The van der Waals surface area contributed by atoms with Crippen molar-refractivity contribution in [3.63, 3.8) is 0 Å². The van der Waals surface area contributed by atoms with E-state index < -0.39 is 46.1 Å². The molecule has 8 heteroatoms. The van der Waals surface area contributed by atoms with Gasteiger partial charge in [0, 0.05) is 10.8 Å². The van der Waals surface area contributed by atoms with Crippen molar-refractivity contribution < 1.29 is 39.6 Å². The Morgan fingerprint density at radius 1 is 0.500 bits per heavy atom. The Morgan fingerprint density at radius 3 is 1.19 bits per heavy atom. The van der Waals surface area contributed by atoms with Crippen LogP contribution in [0.25, 0.3) is 43.1 Å². The fourth-order valence-electron chi connectivity index (χ4n) is 4.65. The lowest BCUT2D eigenvalue weighted by atomic mass is 9.83. The summed E-state index contributed by atoms with van der Waals surface area (Å²) in [6, 6.07) is 12.0. The molecule has 4 N–H and O–H groups in total. The van der Waals surface area contributed by atoms with Gasteiger partial charge in [-0.05, 0) is 44.5 Å². The summed E-state index contributed by atoms with van der Waals surface area (Å²) in [5.41, 5.74) is -1.60. The van der Waals surface area contributed by atoms with Crippen LogP contribution in [-0.4, -0.2) is 44.3 Å². The van der Waals surface area contributed by atoms with Crippen LogP contribution in [0.1, 0.15) is 41.4 Å². The molecule has 5 rings (SSSR count). The van der Waals surface area contributed by atoms with Gasteiger partial charge in [-0.25, -0.2) is 19.2 Å². The second-order valence-electron chi connectivity index (χ2n) is 7.38. The van der Waals surface area contributed by atoms with E-state index in [-0.39, 0.29) is 10.8 Å². The van der Waals surface area contributed by atoms with Gasteiger partial charge in [0.05, 0.1) is 22.3 Å². The molecule has 0 aromatic heterocycles. The summed E-state index contributed by atoms with van der Waals surface area (Å²) in [6.07, 6.45) is 0. The van der Waals surface area contributed by atoms with E-state index in [1.54, 1.807) is 36.4 Å². The number of fused-ring (bicyclic) bond motifs is 2. The lowest BCUT2D eigenvalue weighted by Crippen LogP contribution is -2.11. The maximum atomic E-state index is 12.2. The van der Waals surface area contributed by atoms with E-state index in [2.05, 4.69) is 0 Å². The van der Waals surface area contributed by atoms with E-state index in [0.29, 0.717) is 32.3 Å². The zero-order valence-electron chi connectivity index (χ0n) is 16.0. The summed E-state index contributed by atoms with van der Waals surface area (Å²) in [6.45, 7) is 0. The van der Waals surface area contributed by atoms with Crippen molar-refractivity contribution in [2.45, 2.75) is 0 Å². The Balaban J connectivity index is 2.26. The average Bonchev–Trinajstić information content (AvgIpc) is 2.74. The lowest BCUT2D eigenvalue weighted by molar-refractivity contribution is 0.0653. The van der Waals surface area contributed by atoms with Gasteiger partial charge in [0.2, 0.25) is 0 Å². The molecule has 0 bridgehead atoms. The molecule has 8 nitrogen and oxygen atoms in total. The predicted octanol–water partition coefficient (Wildman–Crippen LogP) is 4.53. The Labute approximate surface area is 177 Å². The third-order valence-corrected chi connectivity index (χ3v) is 5.76. The first kappa shape index (κ1) is 19.3. The van der Waals surface area contributed by atoms with Gasteiger partial charge in [-0.15, -0.1) is 0 Å². The number of benzene rings is 5. The molecule has 156 valence electrons. The molecule has 5 aromatic carbocycles. The van der Waals surface area contributed by atoms with Crippen LogP contribution in [-0.2, 0) is 0 Å². The standard InChI is InChI=1S/C24H12O8/c25-21(26)13-7-9-3-1-5-11-15(9)18(20(13)24(31)32)12-6-2-4-10-8-14(22(27)28)19(23(29)30)17(11)16(10)12/h1-8H,(H,25,26)(H,27,28)(H,29,30)(H,31,32). The van der Waals surface area contributed by atoms with Crippen molar-refractivity contribution >= 4 is 67.0 Å². The maximum Gasteiger partial charge on any atom is 0.337 e. The molecule has 0 atom stereocenters. The molecular weight excluding hydrogens is 416 g/mol. The second kappa shape index (κ2) is 6.39. The van der Waals surface area contributed by atoms with Crippen molar-refractivity contribution in [3.05, 3.63) is 70.8 Å². The summed E-state index contributed by atoms with van der Waals surface area (Å²) in [4.78, 5) is 48.2. The van der Waals surface area contributed by atoms with E-state index in [9.17, 15) is 39.6 Å². The van der Waals surface area contributed by atoms with Crippen LogP contribution in [0.2, 0.25) is 0 Å². The Kier molecular flexibility index (Phi) is 3.84. The van der Waals surface area contributed by atoms with Crippen molar-refractivity contribution in [3.8, 4) is 0 Å². The molecule has 0 amide bonds. The number of carboxylic acid groups (broad SMARTS) is 4. The molecule has 0 fully saturated rings. The van der Waals surface area contributed by atoms with E-state index >= 15 is 0 Å². The van der Waals surface area contributed by atoms with Crippen LogP contribution < -0.4 is 0 Å². The molecule has 5 aromatic rings. The first-order valence-electron chi connectivity index (χ1n) is 9.35.